The van der Waals surface area contributed by atoms with Gasteiger partial charge < -0.3 is 5.32 Å². The number of hydrogen-bond acceptors (Lipinski definition) is 1. The number of anilines is 1. The number of nitrogens with one attached hydrogen (secondary N) is 1. The average Bonchev–Trinajstić information content (AvgIpc) is 2.98. The van der Waals surface area contributed by atoms with Crippen LogP contribution >= 0.6 is 0 Å². The molecule has 1 unspecified atom stereocenters. The van der Waals surface area contributed by atoms with Gasteiger partial charge >= 0.3 is 6.18 Å². The van der Waals surface area contributed by atoms with Crippen LogP contribution in [-0.2, 0) is 11.0 Å². The summed E-state index contributed by atoms with van der Waals surface area (Å²) in [5, 5.41) is 2.39. The van der Waals surface area contributed by atoms with Gasteiger partial charge in [0.25, 0.3) is 0 Å². The molecule has 1 heterocycles. The number of fused-ring (bicyclic) bond motifs is 1. The summed E-state index contributed by atoms with van der Waals surface area (Å²) in [7, 11) is 0. The Morgan fingerprint density at radius 2 is 1.94 bits per heavy atom. The van der Waals surface area contributed by atoms with Crippen molar-refractivity contribution in [2.45, 2.75) is 24.9 Å². The van der Waals surface area contributed by atoms with Gasteiger partial charge in [0, 0.05) is 0 Å². The molecule has 90 valence electrons. The Bertz CT molecular complexity index is 491. The van der Waals surface area contributed by atoms with Gasteiger partial charge in [-0.3, -0.25) is 4.79 Å². The number of hydrogen-bond donors (Lipinski definition) is 1. The van der Waals surface area contributed by atoms with Gasteiger partial charge in [0.1, 0.15) is 0 Å². The van der Waals surface area contributed by atoms with Crippen molar-refractivity contribution in [1.82, 2.24) is 0 Å². The Labute approximate surface area is 95.8 Å². The van der Waals surface area contributed by atoms with Crippen LogP contribution in [0, 0.1) is 5.92 Å². The minimum absolute atomic E-state index is 0.0399. The molecule has 2 nitrogen and oxygen atoms in total. The predicted octanol–water partition coefficient (Wildman–Crippen LogP) is 3.15. The summed E-state index contributed by atoms with van der Waals surface area (Å²) in [6, 6.07) is 4.00. The van der Waals surface area contributed by atoms with E-state index >= 15 is 0 Å². The van der Waals surface area contributed by atoms with Crippen LogP contribution in [0.4, 0.5) is 18.9 Å². The molecular formula is C12H10F3NO. The molecule has 5 heteroatoms. The van der Waals surface area contributed by atoms with Crippen LogP contribution in [0.3, 0.4) is 0 Å². The van der Waals surface area contributed by atoms with Gasteiger partial charge in [0.2, 0.25) is 5.91 Å². The fraction of sp³-hybridized carbons (Fsp3) is 0.417. The zero-order valence-corrected chi connectivity index (χ0v) is 8.84. The smallest absolute Gasteiger partial charge is 0.325 e. The second-order valence-corrected chi connectivity index (χ2v) is 4.57. The lowest BCUT2D eigenvalue weighted by molar-refractivity contribution is -0.136. The van der Waals surface area contributed by atoms with E-state index in [9.17, 15) is 18.0 Å². The standard InChI is InChI=1S/C12H10F3NO/c13-12(14,15)8-3-1-2-7-9(6-4-5-6)11(17)16-10(7)8/h1-3,6,9H,4-5H2,(H,16,17). The highest BCUT2D eigenvalue weighted by Gasteiger charge is 2.45. The Morgan fingerprint density at radius 3 is 2.53 bits per heavy atom. The first-order valence-electron chi connectivity index (χ1n) is 5.49. The molecule has 0 saturated heterocycles. The molecule has 1 fully saturated rings. The summed E-state index contributed by atoms with van der Waals surface area (Å²) in [5.41, 5.74) is -0.277. The van der Waals surface area contributed by atoms with E-state index in [2.05, 4.69) is 5.32 Å². The van der Waals surface area contributed by atoms with Gasteiger partial charge in [-0.15, -0.1) is 0 Å². The van der Waals surface area contributed by atoms with E-state index in [1.807, 2.05) is 0 Å². The Balaban J connectivity index is 2.11. The molecule has 1 aliphatic carbocycles. The number of carbonyl (C=O) groups is 1. The molecule has 0 radical (unpaired) electrons. The van der Waals surface area contributed by atoms with Crippen molar-refractivity contribution in [3.63, 3.8) is 0 Å². The molecule has 0 spiro atoms. The minimum Gasteiger partial charge on any atom is -0.325 e. The Kier molecular flexibility index (Phi) is 2.03. The molecule has 1 amide bonds. The molecule has 17 heavy (non-hydrogen) atoms. The second kappa shape index (κ2) is 3.24. The summed E-state index contributed by atoms with van der Waals surface area (Å²) < 4.78 is 38.3. The first kappa shape index (κ1) is 10.6. The lowest BCUT2D eigenvalue weighted by Crippen LogP contribution is -2.14. The zero-order chi connectivity index (χ0) is 12.2. The quantitative estimate of drug-likeness (QED) is 0.804. The van der Waals surface area contributed by atoms with Crippen molar-refractivity contribution in [2.24, 2.45) is 5.92 Å². The third-order valence-electron chi connectivity index (χ3n) is 3.36. The van der Waals surface area contributed by atoms with Crippen LogP contribution in [-0.4, -0.2) is 5.91 Å². The molecule has 0 aromatic heterocycles. The third-order valence-corrected chi connectivity index (χ3v) is 3.36. The van der Waals surface area contributed by atoms with Crippen LogP contribution in [0.1, 0.15) is 29.9 Å². The van der Waals surface area contributed by atoms with Crippen molar-refractivity contribution in [3.05, 3.63) is 29.3 Å². The number of benzene rings is 1. The van der Waals surface area contributed by atoms with Gasteiger partial charge in [-0.25, -0.2) is 0 Å². The summed E-state index contributed by atoms with van der Waals surface area (Å²) in [4.78, 5) is 11.7. The van der Waals surface area contributed by atoms with E-state index in [1.165, 1.54) is 6.07 Å². The van der Waals surface area contributed by atoms with Crippen LogP contribution in [0.2, 0.25) is 0 Å². The zero-order valence-electron chi connectivity index (χ0n) is 8.84. The SMILES string of the molecule is O=C1Nc2c(cccc2C(F)(F)F)C1C1CC1. The molecule has 1 saturated carbocycles. The summed E-state index contributed by atoms with van der Waals surface area (Å²) in [6.07, 6.45) is -2.57. The van der Waals surface area contributed by atoms with E-state index < -0.39 is 11.7 Å². The number of carbonyl (C=O) groups excluding carboxylic acids is 1. The van der Waals surface area contributed by atoms with Crippen LogP contribution in [0.5, 0.6) is 0 Å². The van der Waals surface area contributed by atoms with E-state index in [4.69, 9.17) is 0 Å². The van der Waals surface area contributed by atoms with Gasteiger partial charge in [0.05, 0.1) is 17.2 Å². The minimum atomic E-state index is -4.42. The highest BCUT2D eigenvalue weighted by molar-refractivity contribution is 6.04. The third kappa shape index (κ3) is 1.61. The fourth-order valence-electron chi connectivity index (χ4n) is 2.44. The van der Waals surface area contributed by atoms with Crippen molar-refractivity contribution in [3.8, 4) is 0 Å². The first-order chi connectivity index (χ1) is 7.98. The van der Waals surface area contributed by atoms with Crippen LogP contribution < -0.4 is 5.32 Å². The number of rotatable bonds is 1. The van der Waals surface area contributed by atoms with Crippen molar-refractivity contribution >= 4 is 11.6 Å². The van der Waals surface area contributed by atoms with E-state index in [-0.39, 0.29) is 23.4 Å². The Hall–Kier alpha value is -1.52. The second-order valence-electron chi connectivity index (χ2n) is 4.57. The normalized spacial score (nSPS) is 23.5. The van der Waals surface area contributed by atoms with E-state index in [0.29, 0.717) is 5.56 Å². The molecule has 1 N–H and O–H groups in total. The van der Waals surface area contributed by atoms with Gasteiger partial charge in [-0.1, -0.05) is 12.1 Å². The lowest BCUT2D eigenvalue weighted by atomic mass is 9.94. The maximum Gasteiger partial charge on any atom is 0.418 e. The van der Waals surface area contributed by atoms with E-state index in [0.717, 1.165) is 18.9 Å². The average molecular weight is 241 g/mol. The van der Waals surface area contributed by atoms with Crippen molar-refractivity contribution in [2.75, 3.05) is 5.32 Å². The summed E-state index contributed by atoms with van der Waals surface area (Å²) >= 11 is 0. The molecule has 1 aliphatic heterocycles. The molecule has 3 rings (SSSR count). The molecule has 1 aromatic carbocycles. The fourth-order valence-corrected chi connectivity index (χ4v) is 2.44. The predicted molar refractivity (Wildman–Crippen MR) is 55.5 cm³/mol. The monoisotopic (exact) mass is 241 g/mol. The van der Waals surface area contributed by atoms with Gasteiger partial charge in [-0.2, -0.15) is 13.2 Å². The summed E-state index contributed by atoms with van der Waals surface area (Å²) in [5.74, 6) is -0.453. The molecular weight excluding hydrogens is 231 g/mol. The molecule has 0 bridgehead atoms. The van der Waals surface area contributed by atoms with Gasteiger partial charge in [-0.05, 0) is 30.4 Å². The van der Waals surface area contributed by atoms with Crippen LogP contribution in [0.15, 0.2) is 18.2 Å². The highest BCUT2D eigenvalue weighted by Crippen LogP contribution is 2.50. The maximum absolute atomic E-state index is 12.8. The number of alkyl halides is 3. The molecule has 1 aromatic rings. The molecule has 1 atom stereocenters. The number of amides is 1. The van der Waals surface area contributed by atoms with Crippen LogP contribution in [0.25, 0.3) is 0 Å². The highest BCUT2D eigenvalue weighted by atomic mass is 19.4. The topological polar surface area (TPSA) is 29.1 Å². The largest absolute Gasteiger partial charge is 0.418 e. The first-order valence-corrected chi connectivity index (χ1v) is 5.49. The van der Waals surface area contributed by atoms with Crippen molar-refractivity contribution < 1.29 is 18.0 Å². The number of halogens is 3. The molecule has 2 aliphatic rings. The Morgan fingerprint density at radius 1 is 1.24 bits per heavy atom. The van der Waals surface area contributed by atoms with Gasteiger partial charge in [0.15, 0.2) is 0 Å². The van der Waals surface area contributed by atoms with E-state index in [1.54, 1.807) is 6.07 Å². The lowest BCUT2D eigenvalue weighted by Gasteiger charge is -2.11. The van der Waals surface area contributed by atoms with Crippen molar-refractivity contribution in [1.29, 1.82) is 0 Å². The number of para-hydroxylation sites is 1. The summed E-state index contributed by atoms with van der Waals surface area (Å²) in [6.45, 7) is 0. The maximum atomic E-state index is 12.8.